The molecule has 0 radical (unpaired) electrons. The van der Waals surface area contributed by atoms with E-state index in [1.54, 1.807) is 25.1 Å². The number of nitrogens with one attached hydrogen (secondary N) is 1. The predicted octanol–water partition coefficient (Wildman–Crippen LogP) is 3.06. The Morgan fingerprint density at radius 2 is 1.96 bits per heavy atom. The van der Waals surface area contributed by atoms with E-state index in [1.807, 2.05) is 24.3 Å². The van der Waals surface area contributed by atoms with E-state index in [2.05, 4.69) is 21.2 Å². The lowest BCUT2D eigenvalue weighted by Gasteiger charge is -2.07. The van der Waals surface area contributed by atoms with Gasteiger partial charge in [-0.2, -0.15) is 0 Å². The number of hydrogen-bond donors (Lipinski definition) is 2. The third-order valence-electron chi connectivity index (χ3n) is 3.04. The maximum atomic E-state index is 11.9. The van der Waals surface area contributed by atoms with Gasteiger partial charge in [-0.15, -0.1) is 0 Å². The van der Waals surface area contributed by atoms with Crippen LogP contribution in [-0.4, -0.2) is 14.3 Å². The van der Waals surface area contributed by atoms with Gasteiger partial charge in [0.25, 0.3) is 0 Å². The van der Waals surface area contributed by atoms with Crippen molar-refractivity contribution >= 4 is 43.6 Å². The standard InChI is InChI=1S/C16H15BrN2O3S/c1-11-5-7-14(10-15(11)23(18,21)22)19-16(20)8-6-12-3-2-4-13(17)9-12/h2-10H,1H3,(H,19,20)(H2,18,21,22)/b8-6+. The van der Waals surface area contributed by atoms with Crippen molar-refractivity contribution in [1.29, 1.82) is 0 Å². The third-order valence-corrected chi connectivity index (χ3v) is 4.58. The lowest BCUT2D eigenvalue weighted by molar-refractivity contribution is -0.111. The molecule has 0 aromatic heterocycles. The number of hydrogen-bond acceptors (Lipinski definition) is 3. The Bertz CT molecular complexity index is 877. The van der Waals surface area contributed by atoms with Gasteiger partial charge in [0.05, 0.1) is 4.90 Å². The monoisotopic (exact) mass is 394 g/mol. The van der Waals surface area contributed by atoms with Crippen LogP contribution in [0.1, 0.15) is 11.1 Å². The van der Waals surface area contributed by atoms with Crippen LogP contribution in [0.25, 0.3) is 6.08 Å². The van der Waals surface area contributed by atoms with E-state index in [1.165, 1.54) is 12.1 Å². The number of benzene rings is 2. The molecule has 0 unspecified atom stereocenters. The second-order valence-corrected chi connectivity index (χ2v) is 7.35. The van der Waals surface area contributed by atoms with E-state index in [0.29, 0.717) is 11.3 Å². The summed E-state index contributed by atoms with van der Waals surface area (Å²) in [5.74, 6) is -0.366. The van der Waals surface area contributed by atoms with Gasteiger partial charge in [-0.05, 0) is 48.4 Å². The van der Waals surface area contributed by atoms with Crippen molar-refractivity contribution < 1.29 is 13.2 Å². The average molecular weight is 395 g/mol. The molecule has 7 heteroatoms. The SMILES string of the molecule is Cc1ccc(NC(=O)/C=C/c2cccc(Br)c2)cc1S(N)(=O)=O. The Morgan fingerprint density at radius 3 is 2.61 bits per heavy atom. The summed E-state index contributed by atoms with van der Waals surface area (Å²) in [5, 5.41) is 7.76. The number of halogens is 1. The molecule has 0 saturated carbocycles. The molecular formula is C16H15BrN2O3S. The summed E-state index contributed by atoms with van der Waals surface area (Å²) in [4.78, 5) is 11.9. The first-order valence-corrected chi connectivity index (χ1v) is 8.98. The molecule has 0 spiro atoms. The van der Waals surface area contributed by atoms with Gasteiger partial charge < -0.3 is 5.32 Å². The maximum Gasteiger partial charge on any atom is 0.248 e. The van der Waals surface area contributed by atoms with Crippen LogP contribution in [0, 0.1) is 6.92 Å². The van der Waals surface area contributed by atoms with Gasteiger partial charge in [0.2, 0.25) is 15.9 Å². The minimum atomic E-state index is -3.83. The van der Waals surface area contributed by atoms with E-state index in [4.69, 9.17) is 5.14 Å². The summed E-state index contributed by atoms with van der Waals surface area (Å²) in [6, 6.07) is 12.0. The Labute approximate surface area is 143 Å². The van der Waals surface area contributed by atoms with Gasteiger partial charge in [0, 0.05) is 16.2 Å². The highest BCUT2D eigenvalue weighted by molar-refractivity contribution is 9.10. The van der Waals surface area contributed by atoms with Crippen LogP contribution >= 0.6 is 15.9 Å². The maximum absolute atomic E-state index is 11.9. The molecule has 2 aromatic carbocycles. The fourth-order valence-electron chi connectivity index (χ4n) is 1.95. The van der Waals surface area contributed by atoms with Crippen molar-refractivity contribution in [2.24, 2.45) is 5.14 Å². The zero-order chi connectivity index (χ0) is 17.0. The summed E-state index contributed by atoms with van der Waals surface area (Å²) in [6.07, 6.45) is 3.03. The quantitative estimate of drug-likeness (QED) is 0.780. The zero-order valence-electron chi connectivity index (χ0n) is 12.3. The van der Waals surface area contributed by atoms with Crippen molar-refractivity contribution in [3.05, 3.63) is 64.1 Å². The lowest BCUT2D eigenvalue weighted by atomic mass is 10.2. The van der Waals surface area contributed by atoms with E-state index in [-0.39, 0.29) is 10.8 Å². The van der Waals surface area contributed by atoms with Crippen molar-refractivity contribution in [1.82, 2.24) is 0 Å². The first kappa shape index (κ1) is 17.4. The van der Waals surface area contributed by atoms with Crippen LogP contribution < -0.4 is 10.5 Å². The summed E-state index contributed by atoms with van der Waals surface area (Å²) < 4.78 is 23.9. The Balaban J connectivity index is 2.15. The second-order valence-electron chi connectivity index (χ2n) is 4.90. The van der Waals surface area contributed by atoms with Crippen LogP contribution in [-0.2, 0) is 14.8 Å². The molecule has 0 fully saturated rings. The highest BCUT2D eigenvalue weighted by atomic mass is 79.9. The van der Waals surface area contributed by atoms with Crippen molar-refractivity contribution in [3.8, 4) is 0 Å². The molecular weight excluding hydrogens is 380 g/mol. The van der Waals surface area contributed by atoms with E-state index in [0.717, 1.165) is 10.0 Å². The second kappa shape index (κ2) is 7.08. The molecule has 0 saturated heterocycles. The van der Waals surface area contributed by atoms with Gasteiger partial charge in [0.1, 0.15) is 0 Å². The Hall–Kier alpha value is -1.96. The fraction of sp³-hybridized carbons (Fsp3) is 0.0625. The third kappa shape index (κ3) is 5.02. The zero-order valence-corrected chi connectivity index (χ0v) is 14.7. The molecule has 2 aromatic rings. The molecule has 0 aliphatic carbocycles. The fourth-order valence-corrected chi connectivity index (χ4v) is 3.18. The molecule has 1 amide bonds. The number of anilines is 1. The Kier molecular flexibility index (Phi) is 5.35. The topological polar surface area (TPSA) is 89.3 Å². The highest BCUT2D eigenvalue weighted by Gasteiger charge is 2.12. The molecule has 0 aliphatic heterocycles. The summed E-state index contributed by atoms with van der Waals surface area (Å²) in [5.41, 5.74) is 1.75. The number of carbonyl (C=O) groups is 1. The van der Waals surface area contributed by atoms with Crippen LogP contribution in [0.4, 0.5) is 5.69 Å². The molecule has 3 N–H and O–H groups in total. The molecule has 0 aliphatic rings. The molecule has 0 heterocycles. The number of carbonyl (C=O) groups excluding carboxylic acids is 1. The van der Waals surface area contributed by atoms with Gasteiger partial charge in [0.15, 0.2) is 0 Å². The van der Waals surface area contributed by atoms with Crippen molar-refractivity contribution in [2.75, 3.05) is 5.32 Å². The van der Waals surface area contributed by atoms with Crippen molar-refractivity contribution in [2.45, 2.75) is 11.8 Å². The molecule has 23 heavy (non-hydrogen) atoms. The number of amides is 1. The molecule has 2 rings (SSSR count). The summed E-state index contributed by atoms with van der Waals surface area (Å²) in [7, 11) is -3.83. The van der Waals surface area contributed by atoms with Crippen LogP contribution in [0.5, 0.6) is 0 Å². The molecule has 0 atom stereocenters. The number of sulfonamides is 1. The van der Waals surface area contributed by atoms with Gasteiger partial charge >= 0.3 is 0 Å². The number of nitrogens with two attached hydrogens (primary N) is 1. The van der Waals surface area contributed by atoms with E-state index < -0.39 is 10.0 Å². The van der Waals surface area contributed by atoms with Crippen molar-refractivity contribution in [3.63, 3.8) is 0 Å². The minimum Gasteiger partial charge on any atom is -0.322 e. The number of primary sulfonamides is 1. The average Bonchev–Trinajstić information content (AvgIpc) is 2.46. The van der Waals surface area contributed by atoms with Gasteiger partial charge in [-0.1, -0.05) is 34.1 Å². The Morgan fingerprint density at radius 1 is 1.22 bits per heavy atom. The first-order valence-electron chi connectivity index (χ1n) is 6.64. The molecule has 0 bridgehead atoms. The number of aryl methyl sites for hydroxylation is 1. The summed E-state index contributed by atoms with van der Waals surface area (Å²) >= 11 is 3.35. The lowest BCUT2D eigenvalue weighted by Crippen LogP contribution is -2.15. The van der Waals surface area contributed by atoms with Crippen LogP contribution in [0.15, 0.2) is 57.9 Å². The molecule has 5 nitrogen and oxygen atoms in total. The first-order chi connectivity index (χ1) is 10.8. The number of rotatable bonds is 4. The normalized spacial score (nSPS) is 11.6. The largest absolute Gasteiger partial charge is 0.322 e. The van der Waals surface area contributed by atoms with Gasteiger partial charge in [-0.25, -0.2) is 13.6 Å². The summed E-state index contributed by atoms with van der Waals surface area (Å²) in [6.45, 7) is 1.64. The van der Waals surface area contributed by atoms with Crippen LogP contribution in [0.3, 0.4) is 0 Å². The van der Waals surface area contributed by atoms with Gasteiger partial charge in [-0.3, -0.25) is 4.79 Å². The van der Waals surface area contributed by atoms with E-state index in [9.17, 15) is 13.2 Å². The van der Waals surface area contributed by atoms with Crippen LogP contribution in [0.2, 0.25) is 0 Å². The smallest absolute Gasteiger partial charge is 0.248 e. The predicted molar refractivity (Wildman–Crippen MR) is 94.4 cm³/mol. The minimum absolute atomic E-state index is 0.00808. The molecule has 120 valence electrons. The van der Waals surface area contributed by atoms with E-state index >= 15 is 0 Å². The highest BCUT2D eigenvalue weighted by Crippen LogP contribution is 2.19.